The predicted molar refractivity (Wildman–Crippen MR) is 54.7 cm³/mol. The summed E-state index contributed by atoms with van der Waals surface area (Å²) in [7, 11) is 0. The third-order valence-electron chi connectivity index (χ3n) is 1.74. The van der Waals surface area contributed by atoms with Crippen molar-refractivity contribution in [1.82, 2.24) is 19.9 Å². The third kappa shape index (κ3) is 1.71. The van der Waals surface area contributed by atoms with E-state index in [0.29, 0.717) is 11.6 Å². The molecule has 0 bridgehead atoms. The van der Waals surface area contributed by atoms with E-state index in [4.69, 9.17) is 0 Å². The standard InChI is InChI=1S/C9H11N5/c1-2-3-4-11-9-13-7-5-10-6-12-8(7)14-9/h3-6H,2H2,1H3,(H2,10,11,12,13,14). The van der Waals surface area contributed by atoms with Crippen LogP contribution in [0, 0.1) is 0 Å². The smallest absolute Gasteiger partial charge is 0.206 e. The normalized spacial score (nSPS) is 11.2. The Morgan fingerprint density at radius 3 is 3.29 bits per heavy atom. The molecule has 72 valence electrons. The fraction of sp³-hybridized carbons (Fsp3) is 0.222. The molecule has 5 nitrogen and oxygen atoms in total. The molecule has 14 heavy (non-hydrogen) atoms. The zero-order chi connectivity index (χ0) is 9.80. The van der Waals surface area contributed by atoms with E-state index in [2.05, 4.69) is 32.2 Å². The second-order valence-electron chi connectivity index (χ2n) is 2.80. The van der Waals surface area contributed by atoms with Crippen molar-refractivity contribution in [3.63, 3.8) is 0 Å². The Bertz CT molecular complexity index is 412. The van der Waals surface area contributed by atoms with Crippen LogP contribution in [0.4, 0.5) is 5.95 Å². The van der Waals surface area contributed by atoms with Crippen LogP contribution in [0.1, 0.15) is 13.3 Å². The van der Waals surface area contributed by atoms with Crippen molar-refractivity contribution in [1.29, 1.82) is 0 Å². The van der Waals surface area contributed by atoms with Crippen LogP contribution in [0.15, 0.2) is 24.8 Å². The fourth-order valence-electron chi connectivity index (χ4n) is 1.09. The van der Waals surface area contributed by atoms with Crippen LogP contribution >= 0.6 is 0 Å². The van der Waals surface area contributed by atoms with Crippen molar-refractivity contribution in [2.24, 2.45) is 0 Å². The van der Waals surface area contributed by atoms with E-state index in [1.54, 1.807) is 6.20 Å². The highest BCUT2D eigenvalue weighted by Crippen LogP contribution is 2.09. The van der Waals surface area contributed by atoms with E-state index < -0.39 is 0 Å². The number of rotatable bonds is 3. The van der Waals surface area contributed by atoms with Crippen LogP contribution in [-0.2, 0) is 0 Å². The Morgan fingerprint density at radius 1 is 1.57 bits per heavy atom. The van der Waals surface area contributed by atoms with Crippen LogP contribution in [0.5, 0.6) is 0 Å². The Labute approximate surface area is 81.3 Å². The lowest BCUT2D eigenvalue weighted by Gasteiger charge is -1.90. The number of allylic oxidation sites excluding steroid dienone is 1. The summed E-state index contributed by atoms with van der Waals surface area (Å²) in [5.41, 5.74) is 1.51. The second kappa shape index (κ2) is 3.87. The highest BCUT2D eigenvalue weighted by Gasteiger charge is 2.00. The van der Waals surface area contributed by atoms with Crippen molar-refractivity contribution >= 4 is 17.1 Å². The van der Waals surface area contributed by atoms with E-state index in [0.717, 1.165) is 11.9 Å². The molecular weight excluding hydrogens is 178 g/mol. The summed E-state index contributed by atoms with van der Waals surface area (Å²) < 4.78 is 0. The summed E-state index contributed by atoms with van der Waals surface area (Å²) in [5.74, 6) is 0.685. The summed E-state index contributed by atoms with van der Waals surface area (Å²) in [6, 6.07) is 0. The molecule has 0 aliphatic rings. The van der Waals surface area contributed by atoms with E-state index in [-0.39, 0.29) is 0 Å². The average molecular weight is 189 g/mol. The quantitative estimate of drug-likeness (QED) is 0.771. The van der Waals surface area contributed by atoms with Crippen molar-refractivity contribution in [2.75, 3.05) is 5.32 Å². The first kappa shape index (κ1) is 8.68. The molecule has 0 aliphatic carbocycles. The minimum atomic E-state index is 0.674. The van der Waals surface area contributed by atoms with Crippen molar-refractivity contribution in [2.45, 2.75) is 13.3 Å². The number of aromatic amines is 1. The average Bonchev–Trinajstić information content (AvgIpc) is 2.60. The number of hydrogen-bond acceptors (Lipinski definition) is 4. The molecular formula is C9H11N5. The zero-order valence-electron chi connectivity index (χ0n) is 7.86. The Hall–Kier alpha value is -1.91. The Kier molecular flexibility index (Phi) is 2.40. The van der Waals surface area contributed by atoms with Crippen molar-refractivity contribution in [3.8, 4) is 0 Å². The lowest BCUT2D eigenvalue weighted by molar-refractivity contribution is 1.20. The van der Waals surface area contributed by atoms with Gasteiger partial charge in [0.25, 0.3) is 0 Å². The second-order valence-corrected chi connectivity index (χ2v) is 2.80. The summed E-state index contributed by atoms with van der Waals surface area (Å²) in [4.78, 5) is 15.2. The number of hydrogen-bond donors (Lipinski definition) is 2. The van der Waals surface area contributed by atoms with Gasteiger partial charge in [-0.15, -0.1) is 0 Å². The molecule has 2 heterocycles. The van der Waals surface area contributed by atoms with Gasteiger partial charge in [-0.1, -0.05) is 13.0 Å². The van der Waals surface area contributed by atoms with Crippen LogP contribution < -0.4 is 5.32 Å². The molecule has 0 aliphatic heterocycles. The Morgan fingerprint density at radius 2 is 2.50 bits per heavy atom. The highest BCUT2D eigenvalue weighted by molar-refractivity contribution is 5.71. The summed E-state index contributed by atoms with van der Waals surface area (Å²) in [6.07, 6.45) is 8.04. The molecule has 0 atom stereocenters. The molecule has 0 saturated heterocycles. The lowest BCUT2D eigenvalue weighted by Crippen LogP contribution is -1.88. The molecule has 0 aromatic carbocycles. The molecule has 0 fully saturated rings. The van der Waals surface area contributed by atoms with Crippen LogP contribution in [0.25, 0.3) is 11.2 Å². The molecule has 2 aromatic heterocycles. The third-order valence-corrected chi connectivity index (χ3v) is 1.74. The first-order valence-corrected chi connectivity index (χ1v) is 4.47. The number of aromatic nitrogens is 4. The van der Waals surface area contributed by atoms with Gasteiger partial charge in [0.05, 0.1) is 6.20 Å². The summed E-state index contributed by atoms with van der Waals surface area (Å²) >= 11 is 0. The molecule has 2 rings (SSSR count). The zero-order valence-corrected chi connectivity index (χ0v) is 7.86. The minimum absolute atomic E-state index is 0.674. The van der Waals surface area contributed by atoms with Gasteiger partial charge in [-0.05, 0) is 12.6 Å². The number of nitrogens with one attached hydrogen (secondary N) is 2. The highest BCUT2D eigenvalue weighted by atomic mass is 15.1. The monoisotopic (exact) mass is 189 g/mol. The molecule has 0 amide bonds. The van der Waals surface area contributed by atoms with E-state index in [1.165, 1.54) is 6.33 Å². The maximum atomic E-state index is 4.22. The molecule has 0 spiro atoms. The van der Waals surface area contributed by atoms with E-state index >= 15 is 0 Å². The van der Waals surface area contributed by atoms with Gasteiger partial charge in [-0.25, -0.2) is 9.97 Å². The van der Waals surface area contributed by atoms with Gasteiger partial charge < -0.3 is 10.3 Å². The fourth-order valence-corrected chi connectivity index (χ4v) is 1.09. The predicted octanol–water partition coefficient (Wildman–Crippen LogP) is 1.69. The van der Waals surface area contributed by atoms with E-state index in [1.807, 2.05) is 12.3 Å². The maximum absolute atomic E-state index is 4.22. The SMILES string of the molecule is CCC=CNc1nc2ncncc2[nH]1. The first-order valence-electron chi connectivity index (χ1n) is 4.47. The number of fused-ring (bicyclic) bond motifs is 1. The topological polar surface area (TPSA) is 66.5 Å². The summed E-state index contributed by atoms with van der Waals surface area (Å²) in [6.45, 7) is 2.07. The molecule has 0 radical (unpaired) electrons. The molecule has 5 heteroatoms. The molecule has 0 unspecified atom stereocenters. The molecule has 0 saturated carbocycles. The van der Waals surface area contributed by atoms with Crippen molar-refractivity contribution in [3.05, 3.63) is 24.8 Å². The largest absolute Gasteiger partial charge is 0.333 e. The number of nitrogens with zero attached hydrogens (tertiary/aromatic N) is 3. The van der Waals surface area contributed by atoms with Gasteiger partial charge in [-0.3, -0.25) is 0 Å². The van der Waals surface area contributed by atoms with Crippen LogP contribution in [-0.4, -0.2) is 19.9 Å². The maximum Gasteiger partial charge on any atom is 0.206 e. The van der Waals surface area contributed by atoms with Gasteiger partial charge in [0.1, 0.15) is 11.8 Å². The van der Waals surface area contributed by atoms with Crippen molar-refractivity contribution < 1.29 is 0 Å². The lowest BCUT2D eigenvalue weighted by atomic mass is 10.5. The number of imidazole rings is 1. The first-order chi connectivity index (χ1) is 6.90. The Balaban J connectivity index is 2.23. The van der Waals surface area contributed by atoms with Crippen LogP contribution in [0.2, 0.25) is 0 Å². The minimum Gasteiger partial charge on any atom is -0.333 e. The molecule has 2 aromatic rings. The van der Waals surface area contributed by atoms with Gasteiger partial charge >= 0.3 is 0 Å². The number of H-pyrrole nitrogens is 1. The van der Waals surface area contributed by atoms with Crippen LogP contribution in [0.3, 0.4) is 0 Å². The van der Waals surface area contributed by atoms with Gasteiger partial charge in [0, 0.05) is 0 Å². The van der Waals surface area contributed by atoms with Gasteiger partial charge in [-0.2, -0.15) is 4.98 Å². The number of anilines is 1. The molecule has 2 N–H and O–H groups in total. The summed E-state index contributed by atoms with van der Waals surface area (Å²) in [5, 5.41) is 3.02. The van der Waals surface area contributed by atoms with Gasteiger partial charge in [0.15, 0.2) is 5.65 Å². The van der Waals surface area contributed by atoms with Gasteiger partial charge in [0.2, 0.25) is 5.95 Å². The van der Waals surface area contributed by atoms with E-state index in [9.17, 15) is 0 Å².